The highest BCUT2D eigenvalue weighted by Crippen LogP contribution is 2.30. The van der Waals surface area contributed by atoms with Crippen molar-refractivity contribution in [3.05, 3.63) is 23.9 Å². The predicted octanol–water partition coefficient (Wildman–Crippen LogP) is 2.59. The maximum absolute atomic E-state index is 12.9. The first-order chi connectivity index (χ1) is 13.2. The lowest BCUT2D eigenvalue weighted by Crippen LogP contribution is -2.54. The molecular formula is C21H28N4O2. The third-order valence-electron chi connectivity index (χ3n) is 6.39. The average molecular weight is 368 g/mol. The zero-order chi connectivity index (χ0) is 18.6. The van der Waals surface area contributed by atoms with Crippen LogP contribution in [-0.2, 0) is 4.79 Å². The molecular weight excluding hydrogens is 340 g/mol. The SMILES string of the molecule is N#Cc1ccc(OC2CCC(C(=O)N3CCN(C4CCC4)CC3)CC2)nc1. The minimum absolute atomic E-state index is 0.116. The number of carbonyl (C=O) groups excluding carboxylic acids is 1. The largest absolute Gasteiger partial charge is 0.474 e. The summed E-state index contributed by atoms with van der Waals surface area (Å²) in [6, 6.07) is 6.31. The fraction of sp³-hybridized carbons (Fsp3) is 0.667. The van der Waals surface area contributed by atoms with E-state index in [0.29, 0.717) is 17.4 Å². The van der Waals surface area contributed by atoms with E-state index in [1.807, 2.05) is 0 Å². The number of amides is 1. The lowest BCUT2D eigenvalue weighted by atomic mass is 9.86. The van der Waals surface area contributed by atoms with Gasteiger partial charge in [0.15, 0.2) is 0 Å². The number of piperazine rings is 1. The molecule has 1 aromatic heterocycles. The second kappa shape index (κ2) is 8.26. The summed E-state index contributed by atoms with van der Waals surface area (Å²) in [6.07, 6.45) is 9.26. The molecule has 1 aromatic rings. The number of hydrogen-bond donors (Lipinski definition) is 0. The van der Waals surface area contributed by atoms with E-state index in [4.69, 9.17) is 10.00 Å². The number of rotatable bonds is 4. The Balaban J connectivity index is 1.21. The molecule has 0 unspecified atom stereocenters. The molecule has 0 spiro atoms. The van der Waals surface area contributed by atoms with Crippen LogP contribution in [0.5, 0.6) is 5.88 Å². The molecule has 2 aliphatic carbocycles. The molecule has 0 aromatic carbocycles. The van der Waals surface area contributed by atoms with E-state index in [0.717, 1.165) is 57.9 Å². The summed E-state index contributed by atoms with van der Waals surface area (Å²) < 4.78 is 5.94. The van der Waals surface area contributed by atoms with Gasteiger partial charge in [0, 0.05) is 50.4 Å². The summed E-state index contributed by atoms with van der Waals surface area (Å²) in [5.74, 6) is 1.06. The molecule has 2 saturated carbocycles. The molecule has 6 heteroatoms. The van der Waals surface area contributed by atoms with E-state index in [-0.39, 0.29) is 12.0 Å². The zero-order valence-corrected chi connectivity index (χ0v) is 15.8. The maximum Gasteiger partial charge on any atom is 0.225 e. The summed E-state index contributed by atoms with van der Waals surface area (Å²) in [5.41, 5.74) is 0.536. The first kappa shape index (κ1) is 18.2. The third kappa shape index (κ3) is 4.24. The van der Waals surface area contributed by atoms with Gasteiger partial charge in [0.2, 0.25) is 11.8 Å². The van der Waals surface area contributed by atoms with E-state index < -0.39 is 0 Å². The standard InChI is InChI=1S/C21H28N4O2/c22-14-16-4-9-20(23-15-16)27-19-7-5-17(6-8-19)21(26)25-12-10-24(11-13-25)18-2-1-3-18/h4,9,15,17-19H,1-3,5-8,10-13H2. The number of aromatic nitrogens is 1. The van der Waals surface area contributed by atoms with Crippen molar-refractivity contribution in [3.8, 4) is 11.9 Å². The molecule has 144 valence electrons. The molecule has 3 fully saturated rings. The summed E-state index contributed by atoms with van der Waals surface area (Å²) in [4.78, 5) is 21.7. The number of hydrogen-bond acceptors (Lipinski definition) is 5. The number of nitrogens with zero attached hydrogens (tertiary/aromatic N) is 4. The van der Waals surface area contributed by atoms with Crippen LogP contribution >= 0.6 is 0 Å². The van der Waals surface area contributed by atoms with Gasteiger partial charge in [0.05, 0.1) is 5.56 Å². The molecule has 1 amide bonds. The molecule has 1 saturated heterocycles. The monoisotopic (exact) mass is 368 g/mol. The Morgan fingerprint density at radius 2 is 1.81 bits per heavy atom. The second-order valence-corrected chi connectivity index (χ2v) is 8.03. The Labute approximate surface area is 161 Å². The number of pyridine rings is 1. The van der Waals surface area contributed by atoms with Gasteiger partial charge in [-0.05, 0) is 44.6 Å². The highest BCUT2D eigenvalue weighted by molar-refractivity contribution is 5.79. The predicted molar refractivity (Wildman–Crippen MR) is 101 cm³/mol. The summed E-state index contributed by atoms with van der Waals surface area (Å²) in [6.45, 7) is 3.86. The van der Waals surface area contributed by atoms with E-state index >= 15 is 0 Å². The van der Waals surface area contributed by atoms with Crippen molar-refractivity contribution in [1.82, 2.24) is 14.8 Å². The number of nitriles is 1. The van der Waals surface area contributed by atoms with Gasteiger partial charge >= 0.3 is 0 Å². The van der Waals surface area contributed by atoms with Gasteiger partial charge in [-0.15, -0.1) is 0 Å². The number of carbonyl (C=O) groups is 1. The van der Waals surface area contributed by atoms with Crippen molar-refractivity contribution in [2.45, 2.75) is 57.1 Å². The molecule has 4 rings (SSSR count). The Morgan fingerprint density at radius 3 is 2.37 bits per heavy atom. The fourth-order valence-electron chi connectivity index (χ4n) is 4.43. The van der Waals surface area contributed by atoms with Crippen molar-refractivity contribution in [2.24, 2.45) is 5.92 Å². The Morgan fingerprint density at radius 1 is 1.07 bits per heavy atom. The number of ether oxygens (including phenoxy) is 1. The highest BCUT2D eigenvalue weighted by Gasteiger charge is 2.33. The van der Waals surface area contributed by atoms with Gasteiger partial charge in [0.1, 0.15) is 12.2 Å². The highest BCUT2D eigenvalue weighted by atomic mass is 16.5. The van der Waals surface area contributed by atoms with Crippen LogP contribution in [0.15, 0.2) is 18.3 Å². The van der Waals surface area contributed by atoms with Crippen molar-refractivity contribution >= 4 is 5.91 Å². The van der Waals surface area contributed by atoms with Crippen LogP contribution in [0.25, 0.3) is 0 Å². The van der Waals surface area contributed by atoms with Crippen LogP contribution in [0, 0.1) is 17.2 Å². The van der Waals surface area contributed by atoms with Gasteiger partial charge in [0.25, 0.3) is 0 Å². The second-order valence-electron chi connectivity index (χ2n) is 8.03. The van der Waals surface area contributed by atoms with E-state index in [9.17, 15) is 4.79 Å². The van der Waals surface area contributed by atoms with Crippen molar-refractivity contribution < 1.29 is 9.53 Å². The smallest absolute Gasteiger partial charge is 0.225 e. The van der Waals surface area contributed by atoms with Crippen molar-refractivity contribution in [1.29, 1.82) is 5.26 Å². The molecule has 3 aliphatic rings. The van der Waals surface area contributed by atoms with Gasteiger partial charge in [-0.1, -0.05) is 6.42 Å². The molecule has 1 aliphatic heterocycles. The fourth-order valence-corrected chi connectivity index (χ4v) is 4.43. The Hall–Kier alpha value is -2.13. The summed E-state index contributed by atoms with van der Waals surface area (Å²) >= 11 is 0. The van der Waals surface area contributed by atoms with Crippen LogP contribution in [0.2, 0.25) is 0 Å². The molecule has 0 N–H and O–H groups in total. The topological polar surface area (TPSA) is 69.5 Å². The van der Waals surface area contributed by atoms with Crippen LogP contribution < -0.4 is 4.74 Å². The average Bonchev–Trinajstić information content (AvgIpc) is 2.68. The van der Waals surface area contributed by atoms with Crippen LogP contribution in [-0.4, -0.2) is 59.0 Å². The Bertz CT molecular complexity index is 679. The van der Waals surface area contributed by atoms with Gasteiger partial charge in [-0.25, -0.2) is 4.98 Å². The van der Waals surface area contributed by atoms with Crippen LogP contribution in [0.3, 0.4) is 0 Å². The summed E-state index contributed by atoms with van der Waals surface area (Å²) in [7, 11) is 0. The third-order valence-corrected chi connectivity index (χ3v) is 6.39. The molecule has 0 bridgehead atoms. The quantitative estimate of drug-likeness (QED) is 0.817. The minimum Gasteiger partial charge on any atom is -0.474 e. The normalized spacial score (nSPS) is 26.9. The first-order valence-corrected chi connectivity index (χ1v) is 10.3. The first-order valence-electron chi connectivity index (χ1n) is 10.3. The van der Waals surface area contributed by atoms with E-state index in [2.05, 4.69) is 20.9 Å². The van der Waals surface area contributed by atoms with Gasteiger partial charge < -0.3 is 9.64 Å². The zero-order valence-electron chi connectivity index (χ0n) is 15.8. The molecule has 2 heterocycles. The molecule has 0 atom stereocenters. The molecule has 27 heavy (non-hydrogen) atoms. The summed E-state index contributed by atoms with van der Waals surface area (Å²) in [5, 5.41) is 8.83. The van der Waals surface area contributed by atoms with Crippen molar-refractivity contribution in [3.63, 3.8) is 0 Å². The van der Waals surface area contributed by atoms with E-state index in [1.54, 1.807) is 12.1 Å². The lowest BCUT2D eigenvalue weighted by Gasteiger charge is -2.43. The van der Waals surface area contributed by atoms with Crippen LogP contribution in [0.4, 0.5) is 0 Å². The minimum atomic E-state index is 0.116. The maximum atomic E-state index is 12.9. The van der Waals surface area contributed by atoms with E-state index in [1.165, 1.54) is 25.5 Å². The van der Waals surface area contributed by atoms with Gasteiger partial charge in [-0.3, -0.25) is 9.69 Å². The van der Waals surface area contributed by atoms with Crippen LogP contribution in [0.1, 0.15) is 50.5 Å². The Kier molecular flexibility index (Phi) is 5.58. The van der Waals surface area contributed by atoms with Gasteiger partial charge in [-0.2, -0.15) is 5.26 Å². The molecule has 6 nitrogen and oxygen atoms in total. The molecule has 0 radical (unpaired) electrons. The van der Waals surface area contributed by atoms with Crippen molar-refractivity contribution in [2.75, 3.05) is 26.2 Å². The lowest BCUT2D eigenvalue weighted by molar-refractivity contribution is -0.139.